The number of pyridine rings is 1. The van der Waals surface area contributed by atoms with Gasteiger partial charge in [-0.15, -0.1) is 0 Å². The maximum Gasteiger partial charge on any atom is 0.414 e. The van der Waals surface area contributed by atoms with E-state index in [4.69, 9.17) is 4.74 Å². The van der Waals surface area contributed by atoms with Crippen LogP contribution in [-0.4, -0.2) is 31.0 Å². The van der Waals surface area contributed by atoms with E-state index in [1.807, 2.05) is 54.1 Å². The Labute approximate surface area is 151 Å². The number of para-hydroxylation sites is 1. The molecule has 0 aliphatic carbocycles. The molecule has 3 aromatic rings. The Bertz CT molecular complexity index is 969. The number of anilines is 1. The number of hydrogen-bond acceptors (Lipinski definition) is 3. The zero-order valence-electron chi connectivity index (χ0n) is 14.9. The molecule has 132 valence electrons. The minimum Gasteiger partial charge on any atom is -0.409 e. The number of nitrogens with one attached hydrogen (secondary N) is 1. The number of fused-ring (bicyclic) bond motifs is 1. The molecule has 1 aromatic heterocycles. The Hall–Kier alpha value is -3.41. The van der Waals surface area contributed by atoms with E-state index in [-0.39, 0.29) is 5.91 Å². The molecule has 6 heteroatoms. The molecule has 0 unspecified atom stereocenters. The number of aromatic nitrogens is 1. The minimum absolute atomic E-state index is 0.234. The Morgan fingerprint density at radius 3 is 2.46 bits per heavy atom. The zero-order valence-corrected chi connectivity index (χ0v) is 14.9. The van der Waals surface area contributed by atoms with Gasteiger partial charge >= 0.3 is 6.09 Å². The predicted molar refractivity (Wildman–Crippen MR) is 99.2 cm³/mol. The molecule has 0 fully saturated rings. The summed E-state index contributed by atoms with van der Waals surface area (Å²) in [5.41, 5.74) is 2.04. The second-order valence-electron chi connectivity index (χ2n) is 6.11. The van der Waals surface area contributed by atoms with E-state index in [1.165, 1.54) is 4.90 Å². The van der Waals surface area contributed by atoms with Gasteiger partial charge in [0.15, 0.2) is 6.20 Å². The van der Waals surface area contributed by atoms with E-state index < -0.39 is 6.09 Å². The van der Waals surface area contributed by atoms with Gasteiger partial charge in [-0.2, -0.15) is 0 Å². The van der Waals surface area contributed by atoms with Gasteiger partial charge in [-0.3, -0.25) is 4.79 Å². The van der Waals surface area contributed by atoms with Crippen LogP contribution in [0.1, 0.15) is 10.4 Å². The maximum absolute atomic E-state index is 12.6. The van der Waals surface area contributed by atoms with E-state index in [1.54, 1.807) is 32.4 Å². The third kappa shape index (κ3) is 3.64. The fourth-order valence-electron chi connectivity index (χ4n) is 2.58. The number of carbonyl (C=O) groups is 2. The summed E-state index contributed by atoms with van der Waals surface area (Å²) in [5.74, 6) is 0.175. The van der Waals surface area contributed by atoms with E-state index in [2.05, 4.69) is 5.32 Å². The summed E-state index contributed by atoms with van der Waals surface area (Å²) in [6.45, 7) is 0. The van der Waals surface area contributed by atoms with Crippen molar-refractivity contribution in [2.24, 2.45) is 7.05 Å². The molecule has 0 saturated heterocycles. The third-order valence-corrected chi connectivity index (χ3v) is 3.91. The van der Waals surface area contributed by atoms with Crippen LogP contribution in [0.2, 0.25) is 0 Å². The zero-order chi connectivity index (χ0) is 18.7. The predicted octanol–water partition coefficient (Wildman–Crippen LogP) is 2.98. The summed E-state index contributed by atoms with van der Waals surface area (Å²) >= 11 is 0. The van der Waals surface area contributed by atoms with E-state index in [0.29, 0.717) is 22.4 Å². The van der Waals surface area contributed by atoms with Crippen molar-refractivity contribution in [2.75, 3.05) is 19.4 Å². The van der Waals surface area contributed by atoms with E-state index >= 15 is 0 Å². The molecule has 1 heterocycles. The average molecular weight is 350 g/mol. The summed E-state index contributed by atoms with van der Waals surface area (Å²) in [6, 6.07) is 16.4. The second-order valence-corrected chi connectivity index (χ2v) is 6.11. The van der Waals surface area contributed by atoms with Crippen molar-refractivity contribution in [3.63, 3.8) is 0 Å². The molecule has 0 atom stereocenters. The molecule has 3 rings (SSSR count). The molecular formula is C20H20N3O3+. The van der Waals surface area contributed by atoms with Crippen LogP contribution in [0.15, 0.2) is 60.8 Å². The van der Waals surface area contributed by atoms with Gasteiger partial charge < -0.3 is 15.0 Å². The van der Waals surface area contributed by atoms with Crippen LogP contribution in [0.3, 0.4) is 0 Å². The van der Waals surface area contributed by atoms with Crippen LogP contribution >= 0.6 is 0 Å². The highest BCUT2D eigenvalue weighted by Gasteiger charge is 2.18. The molecule has 26 heavy (non-hydrogen) atoms. The first kappa shape index (κ1) is 17.4. The molecule has 2 amide bonds. The first-order chi connectivity index (χ1) is 12.5. The first-order valence-corrected chi connectivity index (χ1v) is 8.13. The van der Waals surface area contributed by atoms with Gasteiger partial charge in [0.2, 0.25) is 5.52 Å². The number of amides is 2. The van der Waals surface area contributed by atoms with Crippen LogP contribution in [-0.2, 0) is 7.05 Å². The van der Waals surface area contributed by atoms with Gasteiger partial charge in [-0.25, -0.2) is 9.36 Å². The summed E-state index contributed by atoms with van der Waals surface area (Å²) in [5, 5.41) is 3.55. The minimum atomic E-state index is -0.473. The molecule has 1 N–H and O–H groups in total. The normalized spacial score (nSPS) is 10.4. The number of rotatable bonds is 3. The van der Waals surface area contributed by atoms with Crippen LogP contribution < -0.4 is 14.6 Å². The molecule has 0 saturated carbocycles. The van der Waals surface area contributed by atoms with Gasteiger partial charge in [0, 0.05) is 25.8 Å². The largest absolute Gasteiger partial charge is 0.414 e. The van der Waals surface area contributed by atoms with Crippen LogP contribution in [0, 0.1) is 0 Å². The van der Waals surface area contributed by atoms with Crippen LogP contribution in [0.25, 0.3) is 10.9 Å². The lowest BCUT2D eigenvalue weighted by Gasteiger charge is -2.12. The fraction of sp³-hybridized carbons (Fsp3) is 0.150. The maximum atomic E-state index is 12.6. The number of ether oxygens (including phenoxy) is 1. The van der Waals surface area contributed by atoms with Crippen molar-refractivity contribution >= 4 is 28.6 Å². The highest BCUT2D eigenvalue weighted by molar-refractivity contribution is 6.05. The number of hydrogen-bond donors (Lipinski definition) is 1. The van der Waals surface area contributed by atoms with Gasteiger partial charge in [0.1, 0.15) is 18.4 Å². The molecule has 6 nitrogen and oxygen atoms in total. The Morgan fingerprint density at radius 1 is 1.04 bits per heavy atom. The molecule has 0 spiro atoms. The topological polar surface area (TPSA) is 62.5 Å². The first-order valence-electron chi connectivity index (χ1n) is 8.13. The van der Waals surface area contributed by atoms with Crippen molar-refractivity contribution in [1.82, 2.24) is 4.90 Å². The van der Waals surface area contributed by atoms with Crippen LogP contribution in [0.5, 0.6) is 5.75 Å². The molecule has 0 bridgehead atoms. The molecular weight excluding hydrogens is 330 g/mol. The highest BCUT2D eigenvalue weighted by atomic mass is 16.6. The monoisotopic (exact) mass is 350 g/mol. The van der Waals surface area contributed by atoms with Crippen molar-refractivity contribution < 1.29 is 18.9 Å². The fourth-order valence-corrected chi connectivity index (χ4v) is 2.58. The molecule has 0 aliphatic rings. The number of benzene rings is 2. The third-order valence-electron chi connectivity index (χ3n) is 3.91. The Morgan fingerprint density at radius 2 is 1.77 bits per heavy atom. The average Bonchev–Trinajstić information content (AvgIpc) is 2.63. The quantitative estimate of drug-likeness (QED) is 0.739. The summed E-state index contributed by atoms with van der Waals surface area (Å²) in [7, 11) is 5.08. The van der Waals surface area contributed by atoms with Gasteiger partial charge in [-0.05, 0) is 24.3 Å². The summed E-state index contributed by atoms with van der Waals surface area (Å²) in [4.78, 5) is 25.9. The van der Waals surface area contributed by atoms with Crippen molar-refractivity contribution in [3.05, 3.63) is 66.4 Å². The lowest BCUT2D eigenvalue weighted by atomic mass is 10.1. The lowest BCUT2D eigenvalue weighted by molar-refractivity contribution is -0.645. The number of nitrogens with zero attached hydrogens (tertiary/aromatic N) is 2. The number of aryl methyl sites for hydroxylation is 1. The van der Waals surface area contributed by atoms with Gasteiger partial charge in [-0.1, -0.05) is 24.3 Å². The Kier molecular flexibility index (Phi) is 4.84. The van der Waals surface area contributed by atoms with Crippen molar-refractivity contribution in [1.29, 1.82) is 0 Å². The standard InChI is InChI=1S/C20H19N3O3/c1-22(2)20(25)26-18-11-7-10-17-16(18)12-14(13-23(17)3)19(24)21-15-8-5-4-6-9-15/h4-13H,1-3H3/p+1. The summed E-state index contributed by atoms with van der Waals surface area (Å²) in [6.07, 6.45) is 1.28. The SMILES string of the molecule is CN(C)C(=O)Oc1cccc2c1cc(C(=O)Nc1ccccc1)c[n+]2C. The van der Waals surface area contributed by atoms with Gasteiger partial charge in [0.25, 0.3) is 5.91 Å². The van der Waals surface area contributed by atoms with E-state index in [0.717, 1.165) is 5.52 Å². The lowest BCUT2D eigenvalue weighted by Crippen LogP contribution is -2.31. The second kappa shape index (κ2) is 7.23. The van der Waals surface area contributed by atoms with Crippen molar-refractivity contribution in [2.45, 2.75) is 0 Å². The summed E-state index contributed by atoms with van der Waals surface area (Å²) < 4.78 is 7.27. The van der Waals surface area contributed by atoms with E-state index in [9.17, 15) is 9.59 Å². The molecule has 0 aliphatic heterocycles. The highest BCUT2D eigenvalue weighted by Crippen LogP contribution is 2.25. The smallest absolute Gasteiger partial charge is 0.409 e. The number of carbonyl (C=O) groups excluding carboxylic acids is 2. The van der Waals surface area contributed by atoms with Crippen LogP contribution in [0.4, 0.5) is 10.5 Å². The van der Waals surface area contributed by atoms with Gasteiger partial charge in [0.05, 0.1) is 5.39 Å². The Balaban J connectivity index is 2.00. The molecule has 0 radical (unpaired) electrons. The molecule has 2 aromatic carbocycles. The van der Waals surface area contributed by atoms with Crippen molar-refractivity contribution in [3.8, 4) is 5.75 Å².